The van der Waals surface area contributed by atoms with Gasteiger partial charge in [0.1, 0.15) is 0 Å². The van der Waals surface area contributed by atoms with Crippen molar-refractivity contribution in [3.05, 3.63) is 65.7 Å². The number of hydrogen-bond donors (Lipinski definition) is 2. The van der Waals surface area contributed by atoms with Gasteiger partial charge in [0.2, 0.25) is 10.0 Å². The summed E-state index contributed by atoms with van der Waals surface area (Å²) in [6.07, 6.45) is 1.78. The van der Waals surface area contributed by atoms with Crippen molar-refractivity contribution in [2.75, 3.05) is 26.2 Å². The van der Waals surface area contributed by atoms with Crippen molar-refractivity contribution in [3.63, 3.8) is 0 Å². The highest BCUT2D eigenvalue weighted by molar-refractivity contribution is 7.89. The number of hydrogen-bond acceptors (Lipinski definition) is 5. The van der Waals surface area contributed by atoms with Crippen molar-refractivity contribution in [1.29, 1.82) is 0 Å². The van der Waals surface area contributed by atoms with E-state index in [0.717, 1.165) is 24.2 Å². The summed E-state index contributed by atoms with van der Waals surface area (Å²) >= 11 is 0. The molecule has 3 rings (SSSR count). The highest BCUT2D eigenvalue weighted by Crippen LogP contribution is 2.27. The first kappa shape index (κ1) is 24.1. The molecule has 8 heteroatoms. The Morgan fingerprint density at radius 1 is 1.06 bits per heavy atom. The minimum absolute atomic E-state index is 0.0963. The van der Waals surface area contributed by atoms with Gasteiger partial charge >= 0.3 is 0 Å². The summed E-state index contributed by atoms with van der Waals surface area (Å²) in [5.74, 6) is -0.594. The number of benzene rings is 2. The molecule has 1 heterocycles. The summed E-state index contributed by atoms with van der Waals surface area (Å²) in [5, 5.41) is 8.73. The standard InChI is InChI=1S/C24H31N3O4S/c1-4-26(5-2)18(3)19-6-8-20(9-7-19)21-10-12-23(13-11-21)32(30,31)27-16-14-22(15-17-27)24(28)25-29/h6-14,18,29H,4-5,15-17H2,1-3H3,(H,25,28). The highest BCUT2D eigenvalue weighted by atomic mass is 32.2. The molecule has 1 amide bonds. The molecule has 172 valence electrons. The molecule has 0 aliphatic carbocycles. The normalized spacial score (nSPS) is 16.0. The van der Waals surface area contributed by atoms with E-state index in [9.17, 15) is 13.2 Å². The van der Waals surface area contributed by atoms with Crippen LogP contribution in [0.15, 0.2) is 65.1 Å². The van der Waals surface area contributed by atoms with Gasteiger partial charge in [-0.2, -0.15) is 4.31 Å². The molecule has 0 fully saturated rings. The maximum absolute atomic E-state index is 13.0. The van der Waals surface area contributed by atoms with Gasteiger partial charge in [0.25, 0.3) is 5.91 Å². The van der Waals surface area contributed by atoms with Crippen LogP contribution in [0.4, 0.5) is 0 Å². The third-order valence-electron chi connectivity index (χ3n) is 6.14. The summed E-state index contributed by atoms with van der Waals surface area (Å²) in [5.41, 5.74) is 5.20. The Morgan fingerprint density at radius 2 is 1.62 bits per heavy atom. The van der Waals surface area contributed by atoms with Crippen molar-refractivity contribution >= 4 is 15.9 Å². The number of nitrogens with one attached hydrogen (secondary N) is 1. The van der Waals surface area contributed by atoms with E-state index >= 15 is 0 Å². The van der Waals surface area contributed by atoms with Crippen LogP contribution >= 0.6 is 0 Å². The lowest BCUT2D eigenvalue weighted by Crippen LogP contribution is -2.37. The Hall–Kier alpha value is -2.52. The molecule has 0 saturated carbocycles. The SMILES string of the molecule is CCN(CC)C(C)c1ccc(-c2ccc(S(=O)(=O)N3CC=C(C(=O)NO)CC3)cc2)cc1. The number of sulfonamides is 1. The quantitative estimate of drug-likeness (QED) is 0.467. The van der Waals surface area contributed by atoms with Gasteiger partial charge in [-0.25, -0.2) is 13.9 Å². The highest BCUT2D eigenvalue weighted by Gasteiger charge is 2.27. The zero-order chi connectivity index (χ0) is 23.3. The smallest absolute Gasteiger partial charge is 0.270 e. The second-order valence-electron chi connectivity index (χ2n) is 7.83. The van der Waals surface area contributed by atoms with E-state index in [1.54, 1.807) is 17.6 Å². The predicted octanol–water partition coefficient (Wildman–Crippen LogP) is 3.58. The number of carbonyl (C=O) groups excluding carboxylic acids is 1. The molecular formula is C24H31N3O4S. The predicted molar refractivity (Wildman–Crippen MR) is 125 cm³/mol. The van der Waals surface area contributed by atoms with Gasteiger partial charge in [0.05, 0.1) is 4.90 Å². The molecule has 1 aliphatic heterocycles. The van der Waals surface area contributed by atoms with Gasteiger partial charge in [0.15, 0.2) is 0 Å². The molecule has 0 radical (unpaired) electrons. The van der Waals surface area contributed by atoms with Gasteiger partial charge in [0, 0.05) is 24.7 Å². The van der Waals surface area contributed by atoms with Crippen LogP contribution < -0.4 is 5.48 Å². The number of carbonyl (C=O) groups is 1. The molecule has 1 aliphatic rings. The molecule has 32 heavy (non-hydrogen) atoms. The molecule has 7 nitrogen and oxygen atoms in total. The average molecular weight is 458 g/mol. The molecule has 2 aromatic carbocycles. The fourth-order valence-electron chi connectivity index (χ4n) is 4.05. The Kier molecular flexibility index (Phi) is 7.84. The van der Waals surface area contributed by atoms with Gasteiger partial charge in [-0.05, 0) is 55.3 Å². The van der Waals surface area contributed by atoms with Crippen LogP contribution in [0.1, 0.15) is 38.8 Å². The molecule has 2 N–H and O–H groups in total. The Bertz CT molecular complexity index is 1060. The second-order valence-corrected chi connectivity index (χ2v) is 9.76. The molecule has 0 aromatic heterocycles. The lowest BCUT2D eigenvalue weighted by Gasteiger charge is -2.26. The lowest BCUT2D eigenvalue weighted by molar-refractivity contribution is -0.125. The van der Waals surface area contributed by atoms with Crippen molar-refractivity contribution in [3.8, 4) is 11.1 Å². The van der Waals surface area contributed by atoms with Crippen LogP contribution in [-0.4, -0.2) is 54.9 Å². The van der Waals surface area contributed by atoms with Crippen LogP contribution in [0, 0.1) is 0 Å². The Morgan fingerprint density at radius 3 is 2.09 bits per heavy atom. The minimum Gasteiger partial charge on any atom is -0.297 e. The number of nitrogens with zero attached hydrogens (tertiary/aromatic N) is 2. The summed E-state index contributed by atoms with van der Waals surface area (Å²) in [4.78, 5) is 14.1. The molecule has 0 bridgehead atoms. The van der Waals surface area contributed by atoms with Crippen molar-refractivity contribution in [2.45, 2.75) is 38.1 Å². The van der Waals surface area contributed by atoms with Gasteiger partial charge in [-0.1, -0.05) is 56.3 Å². The van der Waals surface area contributed by atoms with E-state index in [4.69, 9.17) is 5.21 Å². The Balaban J connectivity index is 1.73. The van der Waals surface area contributed by atoms with E-state index in [1.165, 1.54) is 15.9 Å². The van der Waals surface area contributed by atoms with Crippen molar-refractivity contribution in [1.82, 2.24) is 14.7 Å². The maximum atomic E-state index is 13.0. The second kappa shape index (κ2) is 10.4. The van der Waals surface area contributed by atoms with Gasteiger partial charge in [-0.3, -0.25) is 14.9 Å². The topological polar surface area (TPSA) is 90.0 Å². The average Bonchev–Trinajstić information content (AvgIpc) is 2.84. The first-order valence-corrected chi connectivity index (χ1v) is 12.3. The summed E-state index contributed by atoms with van der Waals surface area (Å²) in [6.45, 7) is 8.81. The third-order valence-corrected chi connectivity index (χ3v) is 8.02. The van der Waals surface area contributed by atoms with Crippen molar-refractivity contribution in [2.24, 2.45) is 0 Å². The molecular weight excluding hydrogens is 426 g/mol. The lowest BCUT2D eigenvalue weighted by atomic mass is 10.0. The molecule has 0 spiro atoms. The largest absolute Gasteiger partial charge is 0.297 e. The Labute approximate surface area is 190 Å². The summed E-state index contributed by atoms with van der Waals surface area (Å²) in [6, 6.07) is 15.6. The van der Waals surface area contributed by atoms with Crippen LogP contribution in [0.25, 0.3) is 11.1 Å². The minimum atomic E-state index is -3.66. The molecule has 1 atom stereocenters. The van der Waals surface area contributed by atoms with Crippen LogP contribution in [-0.2, 0) is 14.8 Å². The van der Waals surface area contributed by atoms with Gasteiger partial charge in [-0.15, -0.1) is 0 Å². The first-order valence-electron chi connectivity index (χ1n) is 10.9. The molecule has 2 aromatic rings. The number of hydroxylamine groups is 1. The van der Waals surface area contributed by atoms with E-state index in [0.29, 0.717) is 11.6 Å². The van der Waals surface area contributed by atoms with E-state index < -0.39 is 15.9 Å². The molecule has 0 saturated heterocycles. The van der Waals surface area contributed by atoms with E-state index in [-0.39, 0.29) is 24.4 Å². The van der Waals surface area contributed by atoms with E-state index in [2.05, 4.69) is 49.9 Å². The number of amides is 1. The summed E-state index contributed by atoms with van der Waals surface area (Å²) in [7, 11) is -3.66. The van der Waals surface area contributed by atoms with Gasteiger partial charge < -0.3 is 0 Å². The van der Waals surface area contributed by atoms with Crippen LogP contribution in [0.3, 0.4) is 0 Å². The monoisotopic (exact) mass is 457 g/mol. The fraction of sp³-hybridized carbons (Fsp3) is 0.375. The van der Waals surface area contributed by atoms with Crippen LogP contribution in [0.2, 0.25) is 0 Å². The maximum Gasteiger partial charge on any atom is 0.270 e. The summed E-state index contributed by atoms with van der Waals surface area (Å²) < 4.78 is 27.3. The zero-order valence-corrected chi connectivity index (χ0v) is 19.6. The van der Waals surface area contributed by atoms with Crippen LogP contribution in [0.5, 0.6) is 0 Å². The molecule has 1 unspecified atom stereocenters. The van der Waals surface area contributed by atoms with Crippen molar-refractivity contribution < 1.29 is 18.4 Å². The zero-order valence-electron chi connectivity index (χ0n) is 18.8. The number of rotatable bonds is 8. The third kappa shape index (κ3) is 5.10. The van der Waals surface area contributed by atoms with E-state index in [1.807, 2.05) is 12.1 Å². The fourth-order valence-corrected chi connectivity index (χ4v) is 5.43. The first-order chi connectivity index (χ1) is 15.3.